The van der Waals surface area contributed by atoms with Gasteiger partial charge in [0.2, 0.25) is 5.95 Å². The molecule has 8 heteroatoms. The van der Waals surface area contributed by atoms with Crippen molar-refractivity contribution in [2.75, 3.05) is 11.5 Å². The van der Waals surface area contributed by atoms with Crippen molar-refractivity contribution in [2.45, 2.75) is 19.3 Å². The molecular formula is C11H14N8. The molecule has 0 saturated carbocycles. The third-order valence-corrected chi connectivity index (χ3v) is 2.93. The summed E-state index contributed by atoms with van der Waals surface area (Å²) in [7, 11) is 0. The minimum atomic E-state index is 0.127. The highest BCUT2D eigenvalue weighted by Gasteiger charge is 2.14. The molecule has 3 heterocycles. The van der Waals surface area contributed by atoms with Crippen LogP contribution in [0.3, 0.4) is 0 Å². The lowest BCUT2D eigenvalue weighted by molar-refractivity contribution is 0.687. The summed E-state index contributed by atoms with van der Waals surface area (Å²) in [4.78, 5) is 22.8. The molecule has 0 amide bonds. The molecule has 6 N–H and O–H groups in total. The molecule has 3 aromatic heterocycles. The second kappa shape index (κ2) is 4.23. The molecule has 0 aromatic carbocycles. The fraction of sp³-hybridized carbons (Fsp3) is 0.273. The van der Waals surface area contributed by atoms with Gasteiger partial charge in [0.15, 0.2) is 11.5 Å². The van der Waals surface area contributed by atoms with Gasteiger partial charge in [-0.2, -0.15) is 9.97 Å². The Morgan fingerprint density at radius 2 is 2.11 bits per heavy atom. The van der Waals surface area contributed by atoms with E-state index in [4.69, 9.17) is 11.5 Å². The highest BCUT2D eigenvalue weighted by Crippen LogP contribution is 2.20. The molecule has 1 unspecified atom stereocenters. The summed E-state index contributed by atoms with van der Waals surface area (Å²) in [5, 5.41) is 0. The average Bonchev–Trinajstić information content (AvgIpc) is 2.96. The van der Waals surface area contributed by atoms with Gasteiger partial charge in [-0.15, -0.1) is 0 Å². The molecule has 0 saturated heterocycles. The molecule has 0 fully saturated rings. The van der Waals surface area contributed by atoms with Crippen LogP contribution < -0.4 is 11.5 Å². The number of nitrogens with one attached hydrogen (secondary N) is 2. The first-order valence-corrected chi connectivity index (χ1v) is 5.90. The van der Waals surface area contributed by atoms with Gasteiger partial charge >= 0.3 is 0 Å². The SMILES string of the molecule is CC(Cc1nc2nc(N)nc(N)c2[nH]1)c1ncc[nH]1. The molecule has 0 bridgehead atoms. The molecule has 1 atom stereocenters. The minimum Gasteiger partial charge on any atom is -0.382 e. The van der Waals surface area contributed by atoms with E-state index in [0.29, 0.717) is 23.4 Å². The Balaban J connectivity index is 1.92. The first-order valence-electron chi connectivity index (χ1n) is 5.90. The van der Waals surface area contributed by atoms with Crippen molar-refractivity contribution in [3.05, 3.63) is 24.0 Å². The lowest BCUT2D eigenvalue weighted by atomic mass is 10.1. The number of hydrogen-bond donors (Lipinski definition) is 4. The molecule has 19 heavy (non-hydrogen) atoms. The number of hydrogen-bond acceptors (Lipinski definition) is 6. The number of H-pyrrole nitrogens is 2. The van der Waals surface area contributed by atoms with E-state index in [9.17, 15) is 0 Å². The first-order chi connectivity index (χ1) is 9.13. The van der Waals surface area contributed by atoms with E-state index in [1.807, 2.05) is 0 Å². The number of rotatable bonds is 3. The van der Waals surface area contributed by atoms with Crippen molar-refractivity contribution in [3.8, 4) is 0 Å². The zero-order chi connectivity index (χ0) is 13.4. The normalized spacial score (nSPS) is 12.9. The summed E-state index contributed by atoms with van der Waals surface area (Å²) in [6, 6.07) is 0. The van der Waals surface area contributed by atoms with E-state index in [0.717, 1.165) is 11.6 Å². The molecule has 0 aliphatic rings. The van der Waals surface area contributed by atoms with Crippen LogP contribution in [0.4, 0.5) is 11.8 Å². The Kier molecular flexibility index (Phi) is 2.55. The Hall–Kier alpha value is -2.64. The highest BCUT2D eigenvalue weighted by atomic mass is 15.1. The summed E-state index contributed by atoms with van der Waals surface area (Å²) in [5.74, 6) is 2.35. The maximum atomic E-state index is 5.77. The van der Waals surface area contributed by atoms with Crippen LogP contribution in [-0.2, 0) is 6.42 Å². The number of fused-ring (bicyclic) bond motifs is 1. The van der Waals surface area contributed by atoms with Crippen LogP contribution in [0.2, 0.25) is 0 Å². The standard InChI is InChI=1S/C11H14N8/c1-5(9-14-2-3-15-9)4-6-16-7-8(12)18-11(13)19-10(7)17-6/h2-3,5H,4H2,1H3,(H,14,15)(H5,12,13,16,17,18,19). The van der Waals surface area contributed by atoms with Gasteiger partial charge in [0.1, 0.15) is 17.2 Å². The molecule has 8 nitrogen and oxygen atoms in total. The zero-order valence-electron chi connectivity index (χ0n) is 10.4. The highest BCUT2D eigenvalue weighted by molar-refractivity contribution is 5.82. The quantitative estimate of drug-likeness (QED) is 0.542. The van der Waals surface area contributed by atoms with Gasteiger partial charge in [0.05, 0.1) is 0 Å². The van der Waals surface area contributed by atoms with Crippen molar-refractivity contribution >= 4 is 22.9 Å². The van der Waals surface area contributed by atoms with Gasteiger partial charge in [-0.05, 0) is 0 Å². The van der Waals surface area contributed by atoms with E-state index >= 15 is 0 Å². The Labute approximate surface area is 108 Å². The van der Waals surface area contributed by atoms with Gasteiger partial charge < -0.3 is 21.4 Å². The van der Waals surface area contributed by atoms with Crippen molar-refractivity contribution in [3.63, 3.8) is 0 Å². The number of nitrogens with zero attached hydrogens (tertiary/aromatic N) is 4. The van der Waals surface area contributed by atoms with E-state index in [2.05, 4.69) is 36.8 Å². The molecule has 0 spiro atoms. The fourth-order valence-corrected chi connectivity index (χ4v) is 2.01. The Morgan fingerprint density at radius 3 is 2.84 bits per heavy atom. The number of nitrogens with two attached hydrogens (primary N) is 2. The summed E-state index contributed by atoms with van der Waals surface area (Å²) >= 11 is 0. The maximum absolute atomic E-state index is 5.77. The molecule has 0 aliphatic carbocycles. The summed E-state index contributed by atoms with van der Waals surface area (Å²) in [6.45, 7) is 2.06. The number of imidazole rings is 2. The lowest BCUT2D eigenvalue weighted by Gasteiger charge is -2.05. The van der Waals surface area contributed by atoms with Gasteiger partial charge in [0.25, 0.3) is 0 Å². The van der Waals surface area contributed by atoms with Gasteiger partial charge in [-0.25, -0.2) is 9.97 Å². The third-order valence-electron chi connectivity index (χ3n) is 2.93. The fourth-order valence-electron chi connectivity index (χ4n) is 2.01. The maximum Gasteiger partial charge on any atom is 0.224 e. The lowest BCUT2D eigenvalue weighted by Crippen LogP contribution is -2.02. The number of anilines is 2. The van der Waals surface area contributed by atoms with Gasteiger partial charge in [-0.3, -0.25) is 0 Å². The van der Waals surface area contributed by atoms with Crippen molar-refractivity contribution in [1.82, 2.24) is 29.9 Å². The monoisotopic (exact) mass is 258 g/mol. The van der Waals surface area contributed by atoms with Gasteiger partial charge in [-0.1, -0.05) is 6.92 Å². The molecule has 98 valence electrons. The van der Waals surface area contributed by atoms with Crippen LogP contribution in [0.1, 0.15) is 24.5 Å². The Bertz CT molecular complexity index is 699. The van der Waals surface area contributed by atoms with Gasteiger partial charge in [0, 0.05) is 24.7 Å². The van der Waals surface area contributed by atoms with Crippen LogP contribution in [0, 0.1) is 0 Å². The minimum absolute atomic E-state index is 0.127. The second-order valence-electron chi connectivity index (χ2n) is 4.43. The summed E-state index contributed by atoms with van der Waals surface area (Å²) in [6.07, 6.45) is 4.23. The van der Waals surface area contributed by atoms with Crippen molar-refractivity contribution in [1.29, 1.82) is 0 Å². The van der Waals surface area contributed by atoms with Crippen LogP contribution in [-0.4, -0.2) is 29.9 Å². The number of aromatic amines is 2. The summed E-state index contributed by atoms with van der Waals surface area (Å²) in [5.41, 5.74) is 12.4. The molecule has 0 radical (unpaired) electrons. The zero-order valence-corrected chi connectivity index (χ0v) is 10.4. The topological polar surface area (TPSA) is 135 Å². The number of nitrogen functional groups attached to an aromatic ring is 2. The van der Waals surface area contributed by atoms with E-state index in [1.54, 1.807) is 12.4 Å². The van der Waals surface area contributed by atoms with E-state index < -0.39 is 0 Å². The second-order valence-corrected chi connectivity index (χ2v) is 4.43. The van der Waals surface area contributed by atoms with Crippen molar-refractivity contribution in [2.24, 2.45) is 0 Å². The van der Waals surface area contributed by atoms with E-state index in [1.165, 1.54) is 0 Å². The van der Waals surface area contributed by atoms with E-state index in [-0.39, 0.29) is 11.9 Å². The molecular weight excluding hydrogens is 244 g/mol. The average molecular weight is 258 g/mol. The molecule has 3 aromatic rings. The van der Waals surface area contributed by atoms with Crippen LogP contribution in [0.25, 0.3) is 11.2 Å². The smallest absolute Gasteiger partial charge is 0.224 e. The third kappa shape index (κ3) is 2.07. The number of aromatic nitrogens is 6. The van der Waals surface area contributed by atoms with Crippen LogP contribution in [0.15, 0.2) is 12.4 Å². The summed E-state index contributed by atoms with van der Waals surface area (Å²) < 4.78 is 0. The largest absolute Gasteiger partial charge is 0.382 e. The van der Waals surface area contributed by atoms with Crippen LogP contribution in [0.5, 0.6) is 0 Å². The van der Waals surface area contributed by atoms with Crippen LogP contribution >= 0.6 is 0 Å². The van der Waals surface area contributed by atoms with Crippen molar-refractivity contribution < 1.29 is 0 Å². The first kappa shape index (κ1) is 11.5. The predicted molar refractivity (Wildman–Crippen MR) is 71.2 cm³/mol. The molecule has 3 rings (SSSR count). The Morgan fingerprint density at radius 1 is 1.26 bits per heavy atom. The molecule has 0 aliphatic heterocycles. The predicted octanol–water partition coefficient (Wildman–Crippen LogP) is 0.587.